The number of hydrogen-bond donors (Lipinski definition) is 3. The van der Waals surface area contributed by atoms with Crippen LogP contribution >= 0.6 is 27.7 Å². The van der Waals surface area contributed by atoms with Crippen LogP contribution in [0.4, 0.5) is 0 Å². The summed E-state index contributed by atoms with van der Waals surface area (Å²) in [5.74, 6) is 1.70. The van der Waals surface area contributed by atoms with Crippen LogP contribution in [-0.4, -0.2) is 53.1 Å². The number of aromatic nitrogens is 3. The predicted octanol–water partition coefficient (Wildman–Crippen LogP) is 11.9. The maximum atomic E-state index is 4.18. The molecule has 0 aliphatic carbocycles. The number of pyridine rings is 3. The molecule has 3 N–H and O–H groups in total. The van der Waals surface area contributed by atoms with Crippen LogP contribution in [0.15, 0.2) is 134 Å². The van der Waals surface area contributed by atoms with Crippen LogP contribution in [0.3, 0.4) is 0 Å². The fraction of sp³-hybridized carbons (Fsp3) is 0.460. The zero-order valence-electron chi connectivity index (χ0n) is 38.3. The second-order valence-electron chi connectivity index (χ2n) is 16.6. The van der Waals surface area contributed by atoms with E-state index < -0.39 is 0 Å². The van der Waals surface area contributed by atoms with E-state index in [1.54, 1.807) is 0 Å². The average Bonchev–Trinajstić information content (AvgIpc) is 3.23. The van der Waals surface area contributed by atoms with Gasteiger partial charge in [-0.3, -0.25) is 15.0 Å². The monoisotopic (exact) mass is 859 g/mol. The van der Waals surface area contributed by atoms with Gasteiger partial charge in [0.05, 0.1) is 17.1 Å². The first-order valence-electron chi connectivity index (χ1n) is 21.2. The molecule has 0 fully saturated rings. The van der Waals surface area contributed by atoms with Crippen molar-refractivity contribution in [2.45, 2.75) is 88.9 Å². The smallest absolute Gasteiger partial charge is 0.0541 e. The third-order valence-corrected chi connectivity index (χ3v) is 10.4. The number of nitrogens with one attached hydrogen (secondary N) is 3. The zero-order chi connectivity index (χ0) is 44.2. The quantitative estimate of drug-likeness (QED) is 0.0763. The van der Waals surface area contributed by atoms with E-state index in [2.05, 4.69) is 176 Å². The molecule has 0 aliphatic rings. The second kappa shape index (κ2) is 35.8. The summed E-state index contributed by atoms with van der Waals surface area (Å²) >= 11 is 0. The Labute approximate surface area is 368 Å². The molecule has 3 heterocycles. The summed E-state index contributed by atoms with van der Waals surface area (Å²) in [5.41, 5.74) is 6.74. The van der Waals surface area contributed by atoms with E-state index in [4.69, 9.17) is 0 Å². The molecule has 0 bridgehead atoms. The van der Waals surface area contributed by atoms with E-state index >= 15 is 0 Å². The maximum absolute atomic E-state index is 4.18. The van der Waals surface area contributed by atoms with Gasteiger partial charge in [0.25, 0.3) is 0 Å². The lowest BCUT2D eigenvalue weighted by Crippen LogP contribution is -2.25. The minimum Gasteiger partial charge on any atom is -0.311 e. The fourth-order valence-electron chi connectivity index (χ4n) is 3.72. The molecule has 3 aromatic heterocycles. The third-order valence-electron chi connectivity index (χ3n) is 9.52. The first kappa shape index (κ1) is 56.1. The van der Waals surface area contributed by atoms with Crippen LogP contribution in [0.1, 0.15) is 86.3 Å². The Bertz CT molecular complexity index is 1440. The fourth-order valence-corrected chi connectivity index (χ4v) is 4.34. The van der Waals surface area contributed by atoms with Crippen molar-refractivity contribution >= 4 is 27.7 Å². The molecule has 2 aromatic carbocycles. The summed E-state index contributed by atoms with van der Waals surface area (Å²) in [6.07, 6.45) is 8.72. The Kier molecular flexibility index (Phi) is 34.0. The lowest BCUT2D eigenvalue weighted by atomic mass is 9.71. The molecule has 3 atom stereocenters. The summed E-state index contributed by atoms with van der Waals surface area (Å²) in [5, 5.41) is 9.80. The van der Waals surface area contributed by atoms with Gasteiger partial charge in [0.2, 0.25) is 0 Å². The van der Waals surface area contributed by atoms with Crippen molar-refractivity contribution in [1.29, 1.82) is 0 Å². The Morgan fingerprint density at radius 1 is 0.407 bits per heavy atom. The molecular formula is C50H81N6P3. The van der Waals surface area contributed by atoms with E-state index in [1.165, 1.54) is 11.1 Å². The average molecular weight is 859 g/mol. The SMILES string of the molecule is CC(C)(C)C(C)(C)C.CC(C)C(C)C.PCCNCc1ccccn1.PCCNCc1ccccn1.PCCNCc1ccccn1.c1ccc(-c2ccccc2)cc1. The highest BCUT2D eigenvalue weighted by Crippen LogP contribution is 2.36. The van der Waals surface area contributed by atoms with Crippen molar-refractivity contribution in [3.8, 4) is 11.1 Å². The number of rotatable bonds is 14. The molecule has 0 aliphatic heterocycles. The summed E-state index contributed by atoms with van der Waals surface area (Å²) < 4.78 is 0. The van der Waals surface area contributed by atoms with Crippen molar-refractivity contribution < 1.29 is 0 Å². The van der Waals surface area contributed by atoms with Gasteiger partial charge in [0, 0.05) is 38.2 Å². The summed E-state index contributed by atoms with van der Waals surface area (Å²) in [4.78, 5) is 12.5. The molecule has 0 saturated carbocycles. The van der Waals surface area contributed by atoms with Gasteiger partial charge >= 0.3 is 0 Å². The molecule has 0 amide bonds. The Morgan fingerprint density at radius 3 is 0.847 bits per heavy atom. The van der Waals surface area contributed by atoms with Gasteiger partial charge in [-0.05, 0) is 108 Å². The van der Waals surface area contributed by atoms with Crippen LogP contribution in [0, 0.1) is 22.7 Å². The minimum atomic E-state index is 0.437. The van der Waals surface area contributed by atoms with Gasteiger partial charge in [-0.25, -0.2) is 0 Å². The van der Waals surface area contributed by atoms with E-state index in [9.17, 15) is 0 Å². The van der Waals surface area contributed by atoms with Crippen LogP contribution in [0.2, 0.25) is 0 Å². The minimum absolute atomic E-state index is 0.437. The van der Waals surface area contributed by atoms with E-state index in [0.29, 0.717) is 10.8 Å². The Morgan fingerprint density at radius 2 is 0.661 bits per heavy atom. The molecule has 6 nitrogen and oxygen atoms in total. The van der Waals surface area contributed by atoms with Gasteiger partial charge < -0.3 is 16.0 Å². The highest BCUT2D eigenvalue weighted by molar-refractivity contribution is 7.16. The summed E-state index contributed by atoms with van der Waals surface area (Å²) in [6, 6.07) is 38.7. The van der Waals surface area contributed by atoms with Gasteiger partial charge in [-0.15, -0.1) is 27.7 Å². The van der Waals surface area contributed by atoms with E-state index in [0.717, 1.165) is 86.7 Å². The lowest BCUT2D eigenvalue weighted by Gasteiger charge is -2.34. The van der Waals surface area contributed by atoms with Crippen LogP contribution < -0.4 is 16.0 Å². The maximum Gasteiger partial charge on any atom is 0.0541 e. The van der Waals surface area contributed by atoms with Gasteiger partial charge in [0.15, 0.2) is 0 Å². The molecule has 5 aromatic rings. The molecule has 9 heteroatoms. The summed E-state index contributed by atoms with van der Waals surface area (Å²) in [7, 11) is 8.05. The molecule has 326 valence electrons. The molecule has 3 unspecified atom stereocenters. The van der Waals surface area contributed by atoms with Gasteiger partial charge in [0.1, 0.15) is 0 Å². The van der Waals surface area contributed by atoms with Crippen molar-refractivity contribution in [1.82, 2.24) is 30.9 Å². The molecular weight excluding hydrogens is 778 g/mol. The number of nitrogens with zero attached hydrogens (tertiary/aromatic N) is 3. The molecule has 5 rings (SSSR count). The Hall–Kier alpha value is -2.94. The first-order valence-corrected chi connectivity index (χ1v) is 23.6. The highest BCUT2D eigenvalue weighted by atomic mass is 31.0. The zero-order valence-corrected chi connectivity index (χ0v) is 41.8. The van der Waals surface area contributed by atoms with Crippen LogP contribution in [0.25, 0.3) is 11.1 Å². The van der Waals surface area contributed by atoms with Gasteiger partial charge in [-0.1, -0.05) is 148 Å². The molecule has 0 radical (unpaired) electrons. The highest BCUT2D eigenvalue weighted by Gasteiger charge is 2.26. The molecule has 59 heavy (non-hydrogen) atoms. The van der Waals surface area contributed by atoms with E-state index in [1.807, 2.05) is 85.3 Å². The van der Waals surface area contributed by atoms with Crippen molar-refractivity contribution in [3.05, 3.63) is 151 Å². The largest absolute Gasteiger partial charge is 0.311 e. The molecule has 0 spiro atoms. The third kappa shape index (κ3) is 32.5. The normalized spacial score (nSPS) is 10.6. The van der Waals surface area contributed by atoms with E-state index in [-0.39, 0.29) is 0 Å². The van der Waals surface area contributed by atoms with Crippen LogP contribution in [0.5, 0.6) is 0 Å². The first-order chi connectivity index (χ1) is 28.2. The lowest BCUT2D eigenvalue weighted by molar-refractivity contribution is 0.157. The van der Waals surface area contributed by atoms with Crippen molar-refractivity contribution in [2.75, 3.05) is 38.1 Å². The van der Waals surface area contributed by atoms with Gasteiger partial charge in [-0.2, -0.15) is 0 Å². The number of benzene rings is 2. The van der Waals surface area contributed by atoms with Crippen molar-refractivity contribution in [3.63, 3.8) is 0 Å². The summed E-state index contributed by atoms with van der Waals surface area (Å²) in [6.45, 7) is 28.3. The topological polar surface area (TPSA) is 74.8 Å². The molecule has 0 saturated heterocycles. The standard InChI is InChI=1S/C12H10.3C8H13N2P.C8H18.C6H14/c1-3-7-11(8-4-1)12-9-5-2-6-10-12;3*11-6-5-9-7-8-3-1-2-4-10-8;1-7(2,3)8(4,5)6;1-5(2)6(3)4/h1-10H;3*1-4,9H,5-7,11H2;1-6H3;5-6H,1-4H3. The Balaban J connectivity index is 0.000000694. The second-order valence-corrected chi connectivity index (χ2v) is 18.3. The van der Waals surface area contributed by atoms with Crippen molar-refractivity contribution in [2.24, 2.45) is 22.7 Å². The van der Waals surface area contributed by atoms with Crippen LogP contribution in [-0.2, 0) is 19.6 Å². The number of hydrogen-bond acceptors (Lipinski definition) is 6. The predicted molar refractivity (Wildman–Crippen MR) is 272 cm³/mol.